The van der Waals surface area contributed by atoms with E-state index in [2.05, 4.69) is 21.2 Å². The van der Waals surface area contributed by atoms with Gasteiger partial charge >= 0.3 is 6.09 Å². The summed E-state index contributed by atoms with van der Waals surface area (Å²) in [5.74, 6) is 0. The molecule has 0 saturated carbocycles. The molecule has 2 N–H and O–H groups in total. The fourth-order valence-electron chi connectivity index (χ4n) is 0.657. The Bertz CT molecular complexity index is 263. The summed E-state index contributed by atoms with van der Waals surface area (Å²) in [4.78, 5) is 10.1. The van der Waals surface area contributed by atoms with E-state index in [0.29, 0.717) is 5.69 Å². The maximum atomic E-state index is 10.1. The lowest BCUT2D eigenvalue weighted by Crippen LogP contribution is -2.06. The minimum atomic E-state index is -1.05. The highest BCUT2D eigenvalue weighted by Gasteiger charge is 1.95. The molecule has 0 bridgehead atoms. The molecule has 0 fully saturated rings. The van der Waals surface area contributed by atoms with E-state index in [1.54, 1.807) is 24.3 Å². The van der Waals surface area contributed by atoms with Crippen molar-refractivity contribution in [3.8, 4) is 0 Å². The van der Waals surface area contributed by atoms with Crippen LogP contribution in [0.5, 0.6) is 0 Å². The summed E-state index contributed by atoms with van der Waals surface area (Å²) in [5, 5.41) is 10.5. The summed E-state index contributed by atoms with van der Waals surface area (Å²) >= 11 is 3.24. The molecule has 1 aromatic carbocycles. The molecule has 0 saturated heterocycles. The number of benzene rings is 1. The van der Waals surface area contributed by atoms with Gasteiger partial charge in [0.25, 0.3) is 0 Å². The molecule has 12 heavy (non-hydrogen) atoms. The van der Waals surface area contributed by atoms with Gasteiger partial charge in [-0.1, -0.05) is 15.9 Å². The number of rotatable bonds is 1. The largest absolute Gasteiger partial charge is 0.465 e. The molecule has 0 unspecified atom stereocenters. The predicted octanol–water partition coefficient (Wildman–Crippen LogP) is 2.96. The third-order valence-corrected chi connectivity index (χ3v) is 1.62. The molecule has 0 aromatic heterocycles. The highest BCUT2D eigenvalue weighted by atomic mass is 79.9. The maximum absolute atomic E-state index is 10.1. The van der Waals surface area contributed by atoms with Crippen molar-refractivity contribution in [3.63, 3.8) is 0 Å². The zero-order valence-electron chi connectivity index (χ0n) is 5.95. The van der Waals surface area contributed by atoms with Crippen LogP contribution >= 0.6 is 28.3 Å². The average molecular weight is 252 g/mol. The monoisotopic (exact) mass is 251 g/mol. The lowest BCUT2D eigenvalue weighted by Gasteiger charge is -1.98. The molecule has 1 amide bonds. The van der Waals surface area contributed by atoms with E-state index < -0.39 is 6.09 Å². The van der Waals surface area contributed by atoms with Gasteiger partial charge < -0.3 is 5.11 Å². The number of nitrogens with one attached hydrogen (secondary N) is 1. The first-order valence-corrected chi connectivity index (χ1v) is 3.73. The molecule has 0 radical (unpaired) electrons. The topological polar surface area (TPSA) is 49.3 Å². The lowest BCUT2D eigenvalue weighted by atomic mass is 10.3. The van der Waals surface area contributed by atoms with Crippen LogP contribution in [0.3, 0.4) is 0 Å². The van der Waals surface area contributed by atoms with Crippen LogP contribution < -0.4 is 5.32 Å². The van der Waals surface area contributed by atoms with Crippen molar-refractivity contribution in [3.05, 3.63) is 28.7 Å². The quantitative estimate of drug-likeness (QED) is 0.807. The molecule has 0 aliphatic heterocycles. The fraction of sp³-hybridized carbons (Fsp3) is 0. The van der Waals surface area contributed by atoms with Crippen LogP contribution in [0.15, 0.2) is 28.7 Å². The molecule has 1 rings (SSSR count). The van der Waals surface area contributed by atoms with E-state index in [0.717, 1.165) is 4.47 Å². The number of halogens is 2. The first-order valence-electron chi connectivity index (χ1n) is 2.94. The van der Waals surface area contributed by atoms with Crippen molar-refractivity contribution in [2.45, 2.75) is 0 Å². The summed E-state index contributed by atoms with van der Waals surface area (Å²) in [6, 6.07) is 6.90. The van der Waals surface area contributed by atoms with E-state index in [4.69, 9.17) is 5.11 Å². The smallest absolute Gasteiger partial charge is 0.409 e. The maximum Gasteiger partial charge on any atom is 0.409 e. The zero-order chi connectivity index (χ0) is 8.27. The second-order valence-corrected chi connectivity index (χ2v) is 2.85. The summed E-state index contributed by atoms with van der Waals surface area (Å²) in [6.45, 7) is 0. The zero-order valence-corrected chi connectivity index (χ0v) is 8.35. The van der Waals surface area contributed by atoms with E-state index in [-0.39, 0.29) is 12.4 Å². The van der Waals surface area contributed by atoms with Gasteiger partial charge in [-0.15, -0.1) is 12.4 Å². The second kappa shape index (κ2) is 5.00. The van der Waals surface area contributed by atoms with Crippen molar-refractivity contribution < 1.29 is 9.90 Å². The van der Waals surface area contributed by atoms with Gasteiger partial charge in [-0.2, -0.15) is 0 Å². The van der Waals surface area contributed by atoms with Crippen molar-refractivity contribution in [1.82, 2.24) is 0 Å². The average Bonchev–Trinajstić information content (AvgIpc) is 1.93. The summed E-state index contributed by atoms with van der Waals surface area (Å²) < 4.78 is 0.924. The Morgan fingerprint density at radius 2 is 1.83 bits per heavy atom. The van der Waals surface area contributed by atoms with Gasteiger partial charge in [0, 0.05) is 10.2 Å². The van der Waals surface area contributed by atoms with Crippen molar-refractivity contribution in [2.24, 2.45) is 0 Å². The minimum absolute atomic E-state index is 0. The van der Waals surface area contributed by atoms with E-state index in [9.17, 15) is 4.79 Å². The molecule has 0 aliphatic carbocycles. The second-order valence-electron chi connectivity index (χ2n) is 1.94. The van der Waals surface area contributed by atoms with Crippen LogP contribution in [-0.4, -0.2) is 11.2 Å². The molecule has 0 spiro atoms. The summed E-state index contributed by atoms with van der Waals surface area (Å²) in [6.07, 6.45) is -1.05. The van der Waals surface area contributed by atoms with E-state index in [1.165, 1.54) is 0 Å². The Balaban J connectivity index is 0.00000121. The Hall–Kier alpha value is -0.740. The molecule has 5 heteroatoms. The molecular formula is C7H7BrClNO2. The molecule has 1 aromatic rings. The van der Waals surface area contributed by atoms with Gasteiger partial charge in [0.05, 0.1) is 0 Å². The van der Waals surface area contributed by atoms with E-state index in [1.807, 2.05) is 0 Å². The highest BCUT2D eigenvalue weighted by Crippen LogP contribution is 2.13. The molecular weight excluding hydrogens is 245 g/mol. The molecule has 0 aliphatic rings. The molecule has 3 nitrogen and oxygen atoms in total. The van der Waals surface area contributed by atoms with Crippen LogP contribution in [0.1, 0.15) is 0 Å². The third-order valence-electron chi connectivity index (χ3n) is 1.10. The number of anilines is 1. The van der Waals surface area contributed by atoms with E-state index >= 15 is 0 Å². The number of amides is 1. The van der Waals surface area contributed by atoms with Crippen LogP contribution in [-0.2, 0) is 0 Å². The Kier molecular flexibility index (Phi) is 4.70. The Morgan fingerprint density at radius 3 is 2.25 bits per heavy atom. The fourth-order valence-corrected chi connectivity index (χ4v) is 0.921. The number of hydrogen-bond donors (Lipinski definition) is 2. The van der Waals surface area contributed by atoms with Crippen molar-refractivity contribution in [2.75, 3.05) is 5.32 Å². The minimum Gasteiger partial charge on any atom is -0.465 e. The SMILES string of the molecule is Cl.O=C(O)Nc1ccc(Br)cc1. The Morgan fingerprint density at radius 1 is 1.33 bits per heavy atom. The molecule has 0 heterocycles. The predicted molar refractivity (Wildman–Crippen MR) is 53.0 cm³/mol. The van der Waals surface area contributed by atoms with Crippen LogP contribution in [0.4, 0.5) is 10.5 Å². The van der Waals surface area contributed by atoms with Gasteiger partial charge in [0.2, 0.25) is 0 Å². The summed E-state index contributed by atoms with van der Waals surface area (Å²) in [7, 11) is 0. The number of hydrogen-bond acceptors (Lipinski definition) is 1. The van der Waals surface area contributed by atoms with Crippen LogP contribution in [0.2, 0.25) is 0 Å². The van der Waals surface area contributed by atoms with Crippen molar-refractivity contribution in [1.29, 1.82) is 0 Å². The van der Waals surface area contributed by atoms with Gasteiger partial charge in [-0.3, -0.25) is 5.32 Å². The Labute approximate surface area is 84.3 Å². The van der Waals surface area contributed by atoms with Gasteiger partial charge in [-0.05, 0) is 24.3 Å². The van der Waals surface area contributed by atoms with Gasteiger partial charge in [0.1, 0.15) is 0 Å². The molecule has 66 valence electrons. The first-order chi connectivity index (χ1) is 5.18. The third kappa shape index (κ3) is 3.59. The van der Waals surface area contributed by atoms with Gasteiger partial charge in [-0.25, -0.2) is 4.79 Å². The van der Waals surface area contributed by atoms with Crippen LogP contribution in [0.25, 0.3) is 0 Å². The first kappa shape index (κ1) is 11.3. The normalized spacial score (nSPS) is 8.42. The highest BCUT2D eigenvalue weighted by molar-refractivity contribution is 9.10. The summed E-state index contributed by atoms with van der Waals surface area (Å²) in [5.41, 5.74) is 0.570. The number of carbonyl (C=O) groups is 1. The number of carboxylic acid groups (broad SMARTS) is 1. The molecule has 0 atom stereocenters. The standard InChI is InChI=1S/C7H6BrNO2.ClH/c8-5-1-3-6(4-2-5)9-7(10)11;/h1-4,9H,(H,10,11);1H. The van der Waals surface area contributed by atoms with Crippen LogP contribution in [0, 0.1) is 0 Å². The lowest BCUT2D eigenvalue weighted by molar-refractivity contribution is 0.210. The van der Waals surface area contributed by atoms with Gasteiger partial charge in [0.15, 0.2) is 0 Å². The van der Waals surface area contributed by atoms with Crippen molar-refractivity contribution >= 4 is 40.1 Å².